The van der Waals surface area contributed by atoms with Crippen LogP contribution in [0.3, 0.4) is 0 Å². The monoisotopic (exact) mass is 446 g/mol. The number of nitrogens with zero attached hydrogens (tertiary/aromatic N) is 3. The summed E-state index contributed by atoms with van der Waals surface area (Å²) >= 11 is 2.90. The molecule has 1 aliphatic rings. The molecule has 0 saturated carbocycles. The number of rotatable bonds is 6. The maximum atomic E-state index is 13.3. The van der Waals surface area contributed by atoms with E-state index in [-0.39, 0.29) is 17.4 Å². The molecule has 0 bridgehead atoms. The van der Waals surface area contributed by atoms with Gasteiger partial charge in [-0.05, 0) is 57.4 Å². The van der Waals surface area contributed by atoms with Crippen LogP contribution in [0.2, 0.25) is 0 Å². The third-order valence-corrected chi connectivity index (χ3v) is 8.36. The zero-order valence-corrected chi connectivity index (χ0v) is 20.2. The third-order valence-electron chi connectivity index (χ3n) is 6.12. The number of nitrogens with one attached hydrogen (secondary N) is 1. The molecule has 1 N–H and O–H groups in total. The maximum absolute atomic E-state index is 13.3. The summed E-state index contributed by atoms with van der Waals surface area (Å²) in [6.07, 6.45) is 3.04. The Bertz CT molecular complexity index is 1070. The lowest BCUT2D eigenvalue weighted by Crippen LogP contribution is -2.51. The second kappa shape index (κ2) is 8.72. The van der Waals surface area contributed by atoms with E-state index in [9.17, 15) is 14.9 Å². The summed E-state index contributed by atoms with van der Waals surface area (Å²) in [7, 11) is 0. The molecule has 2 aromatic heterocycles. The van der Waals surface area contributed by atoms with E-state index < -0.39 is 10.8 Å². The van der Waals surface area contributed by atoms with Crippen LogP contribution in [0.25, 0.3) is 10.2 Å². The highest BCUT2D eigenvalue weighted by Crippen LogP contribution is 2.37. The number of amides is 1. The summed E-state index contributed by atoms with van der Waals surface area (Å²) in [6, 6.07) is 2.20. The first-order chi connectivity index (χ1) is 14.1. The lowest BCUT2D eigenvalue weighted by Gasteiger charge is -2.28. The Labute approximate surface area is 186 Å². The van der Waals surface area contributed by atoms with Gasteiger partial charge >= 0.3 is 0 Å². The Morgan fingerprint density at radius 1 is 1.47 bits per heavy atom. The number of nitriles is 1. The fourth-order valence-corrected chi connectivity index (χ4v) is 6.04. The molecule has 8 heteroatoms. The topological polar surface area (TPSA) is 87.8 Å². The molecule has 0 fully saturated rings. The van der Waals surface area contributed by atoms with E-state index >= 15 is 0 Å². The average Bonchev–Trinajstić information content (AvgIpc) is 3.05. The molecule has 1 amide bonds. The van der Waals surface area contributed by atoms with Crippen molar-refractivity contribution in [2.75, 3.05) is 0 Å². The molecule has 0 saturated heterocycles. The van der Waals surface area contributed by atoms with Gasteiger partial charge in [0, 0.05) is 11.4 Å². The number of aromatic nitrogens is 2. The van der Waals surface area contributed by atoms with E-state index in [2.05, 4.69) is 18.3 Å². The SMILES string of the molecule is CCn1c(SC(C)C(=O)NC(C)(C#N)C(C)C)nc2sc3c(c2c1=O)CCC(C)C3. The minimum Gasteiger partial charge on any atom is -0.337 e. The van der Waals surface area contributed by atoms with Crippen LogP contribution >= 0.6 is 23.1 Å². The molecule has 6 nitrogen and oxygen atoms in total. The van der Waals surface area contributed by atoms with E-state index in [0.717, 1.165) is 29.5 Å². The number of thioether (sulfide) groups is 1. The highest BCUT2D eigenvalue weighted by atomic mass is 32.2. The van der Waals surface area contributed by atoms with Gasteiger partial charge < -0.3 is 5.32 Å². The molecule has 0 radical (unpaired) electrons. The maximum Gasteiger partial charge on any atom is 0.263 e. The summed E-state index contributed by atoms with van der Waals surface area (Å²) in [5.74, 6) is 0.382. The summed E-state index contributed by atoms with van der Waals surface area (Å²) in [5.41, 5.74) is 0.238. The number of hydrogen-bond donors (Lipinski definition) is 1. The summed E-state index contributed by atoms with van der Waals surface area (Å²) in [4.78, 5) is 32.9. The van der Waals surface area contributed by atoms with Crippen LogP contribution in [-0.4, -0.2) is 26.2 Å². The Morgan fingerprint density at radius 2 is 2.17 bits per heavy atom. The highest BCUT2D eigenvalue weighted by molar-refractivity contribution is 8.00. The zero-order chi connectivity index (χ0) is 22.2. The van der Waals surface area contributed by atoms with Gasteiger partial charge in [0.1, 0.15) is 10.4 Å². The molecule has 3 unspecified atom stereocenters. The molecular weight excluding hydrogens is 416 g/mol. The fraction of sp³-hybridized carbons (Fsp3) is 0.636. The Morgan fingerprint density at radius 3 is 2.77 bits per heavy atom. The van der Waals surface area contributed by atoms with Gasteiger partial charge in [0.2, 0.25) is 5.91 Å². The average molecular weight is 447 g/mol. The van der Waals surface area contributed by atoms with Gasteiger partial charge in [-0.25, -0.2) is 4.98 Å². The summed E-state index contributed by atoms with van der Waals surface area (Å²) < 4.78 is 1.67. The van der Waals surface area contributed by atoms with E-state index in [1.807, 2.05) is 20.8 Å². The van der Waals surface area contributed by atoms with E-state index in [4.69, 9.17) is 4.98 Å². The number of aryl methyl sites for hydroxylation is 1. The molecular formula is C22H30N4O2S2. The minimum absolute atomic E-state index is 0.00583. The van der Waals surface area contributed by atoms with Crippen molar-refractivity contribution in [1.29, 1.82) is 5.26 Å². The molecule has 2 aromatic rings. The van der Waals surface area contributed by atoms with Crippen molar-refractivity contribution in [3.8, 4) is 6.07 Å². The second-order valence-electron chi connectivity index (χ2n) is 8.69. The minimum atomic E-state index is -0.933. The summed E-state index contributed by atoms with van der Waals surface area (Å²) in [6.45, 7) is 12.0. The van der Waals surface area contributed by atoms with Gasteiger partial charge in [-0.2, -0.15) is 5.26 Å². The number of fused-ring (bicyclic) bond motifs is 3. The van der Waals surface area contributed by atoms with E-state index in [1.165, 1.54) is 22.2 Å². The fourth-order valence-electron chi connectivity index (χ4n) is 3.64. The van der Waals surface area contributed by atoms with Crippen LogP contribution in [0.15, 0.2) is 9.95 Å². The number of thiophene rings is 1. The van der Waals surface area contributed by atoms with Crippen LogP contribution < -0.4 is 10.9 Å². The number of carbonyl (C=O) groups excluding carboxylic acids is 1. The lowest BCUT2D eigenvalue weighted by molar-refractivity contribution is -0.121. The molecule has 1 aliphatic carbocycles. The Balaban J connectivity index is 1.93. The molecule has 3 rings (SSSR count). The van der Waals surface area contributed by atoms with Crippen LogP contribution in [-0.2, 0) is 24.2 Å². The molecule has 0 aromatic carbocycles. The van der Waals surface area contributed by atoms with Gasteiger partial charge in [-0.15, -0.1) is 11.3 Å². The van der Waals surface area contributed by atoms with Crippen molar-refractivity contribution in [3.63, 3.8) is 0 Å². The Kier molecular flexibility index (Phi) is 6.63. The third kappa shape index (κ3) is 4.15. The van der Waals surface area contributed by atoms with Crippen LogP contribution in [0.5, 0.6) is 0 Å². The van der Waals surface area contributed by atoms with Gasteiger partial charge in [-0.3, -0.25) is 14.2 Å². The molecule has 3 atom stereocenters. The first-order valence-corrected chi connectivity index (χ1v) is 12.3. The van der Waals surface area contributed by atoms with E-state index in [1.54, 1.807) is 29.8 Å². The van der Waals surface area contributed by atoms with Crippen molar-refractivity contribution in [2.24, 2.45) is 11.8 Å². The van der Waals surface area contributed by atoms with Crippen molar-refractivity contribution in [2.45, 2.75) is 83.3 Å². The number of hydrogen-bond acceptors (Lipinski definition) is 6. The van der Waals surface area contributed by atoms with Crippen LogP contribution in [0, 0.1) is 23.2 Å². The predicted octanol–water partition coefficient (Wildman–Crippen LogP) is 4.14. The van der Waals surface area contributed by atoms with Crippen molar-refractivity contribution >= 4 is 39.2 Å². The van der Waals surface area contributed by atoms with Crippen LogP contribution in [0.1, 0.15) is 58.4 Å². The first kappa shape index (κ1) is 22.8. The van der Waals surface area contributed by atoms with Crippen molar-refractivity contribution in [1.82, 2.24) is 14.9 Å². The quantitative estimate of drug-likeness (QED) is 0.532. The predicted molar refractivity (Wildman–Crippen MR) is 123 cm³/mol. The van der Waals surface area contributed by atoms with Gasteiger partial charge in [0.25, 0.3) is 5.56 Å². The molecule has 162 valence electrons. The van der Waals surface area contributed by atoms with Gasteiger partial charge in [-0.1, -0.05) is 32.5 Å². The smallest absolute Gasteiger partial charge is 0.263 e. The Hall–Kier alpha value is -1.85. The molecule has 30 heavy (non-hydrogen) atoms. The highest BCUT2D eigenvalue weighted by Gasteiger charge is 2.32. The van der Waals surface area contributed by atoms with Gasteiger partial charge in [0.05, 0.1) is 16.7 Å². The number of carbonyl (C=O) groups is 1. The molecule has 0 spiro atoms. The summed E-state index contributed by atoms with van der Waals surface area (Å²) in [5, 5.41) is 13.2. The molecule has 2 heterocycles. The largest absolute Gasteiger partial charge is 0.337 e. The van der Waals surface area contributed by atoms with Crippen molar-refractivity contribution in [3.05, 3.63) is 20.8 Å². The molecule has 0 aliphatic heterocycles. The normalized spacial score (nSPS) is 19.2. The second-order valence-corrected chi connectivity index (χ2v) is 11.1. The van der Waals surface area contributed by atoms with Crippen molar-refractivity contribution < 1.29 is 4.79 Å². The lowest BCUT2D eigenvalue weighted by atomic mass is 9.89. The van der Waals surface area contributed by atoms with Gasteiger partial charge in [0.15, 0.2) is 5.16 Å². The standard InChI is InChI=1S/C22H30N4O2S2/c1-7-26-20(28)17-15-9-8-13(4)10-16(15)30-19(17)24-21(26)29-14(5)18(27)25-22(6,11-23)12(2)3/h12-14H,7-10H2,1-6H3,(H,25,27). The first-order valence-electron chi connectivity index (χ1n) is 10.6. The zero-order valence-electron chi connectivity index (χ0n) is 18.5. The van der Waals surface area contributed by atoms with Crippen LogP contribution in [0.4, 0.5) is 0 Å². The van der Waals surface area contributed by atoms with E-state index in [0.29, 0.717) is 17.6 Å².